The van der Waals surface area contributed by atoms with Gasteiger partial charge in [-0.15, -0.1) is 0 Å². The number of rotatable bonds is 4. The van der Waals surface area contributed by atoms with E-state index in [1.807, 2.05) is 49.4 Å². The topological polar surface area (TPSA) is 76.7 Å². The summed E-state index contributed by atoms with van der Waals surface area (Å²) < 4.78 is 0. The third kappa shape index (κ3) is 3.27. The summed E-state index contributed by atoms with van der Waals surface area (Å²) in [6, 6.07) is 13.7. The van der Waals surface area contributed by atoms with Crippen molar-refractivity contribution in [3.8, 4) is 11.3 Å². The maximum atomic E-state index is 5.66. The van der Waals surface area contributed by atoms with Gasteiger partial charge in [0.1, 0.15) is 0 Å². The number of nitrogens with zero attached hydrogens (tertiary/aromatic N) is 3. The summed E-state index contributed by atoms with van der Waals surface area (Å²) in [4.78, 5) is 13.0. The smallest absolute Gasteiger partial charge is 0.227 e. The fraction of sp³-hybridized carbons (Fsp3) is 0.118. The largest absolute Gasteiger partial charge is 0.326 e. The number of benzene rings is 1. The van der Waals surface area contributed by atoms with E-state index in [4.69, 9.17) is 5.73 Å². The van der Waals surface area contributed by atoms with Crippen LogP contribution in [-0.2, 0) is 6.54 Å². The van der Waals surface area contributed by atoms with Crippen molar-refractivity contribution < 1.29 is 0 Å². The molecule has 0 aliphatic carbocycles. The van der Waals surface area contributed by atoms with Crippen LogP contribution in [0.5, 0.6) is 0 Å². The van der Waals surface area contributed by atoms with Gasteiger partial charge in [0, 0.05) is 35.9 Å². The van der Waals surface area contributed by atoms with Gasteiger partial charge in [-0.3, -0.25) is 4.98 Å². The zero-order valence-corrected chi connectivity index (χ0v) is 12.3. The van der Waals surface area contributed by atoms with Crippen molar-refractivity contribution in [3.63, 3.8) is 0 Å². The molecule has 110 valence electrons. The van der Waals surface area contributed by atoms with E-state index in [9.17, 15) is 0 Å². The molecule has 5 heteroatoms. The van der Waals surface area contributed by atoms with Crippen LogP contribution in [0.15, 0.2) is 54.9 Å². The molecule has 0 saturated carbocycles. The molecule has 0 fully saturated rings. The van der Waals surface area contributed by atoms with E-state index in [1.54, 1.807) is 12.4 Å². The molecular formula is C17H17N5. The van der Waals surface area contributed by atoms with Crippen molar-refractivity contribution in [2.24, 2.45) is 5.73 Å². The van der Waals surface area contributed by atoms with E-state index in [0.717, 1.165) is 28.2 Å². The Morgan fingerprint density at radius 1 is 1.05 bits per heavy atom. The highest BCUT2D eigenvalue weighted by atomic mass is 15.1. The highest BCUT2D eigenvalue weighted by Crippen LogP contribution is 2.20. The van der Waals surface area contributed by atoms with E-state index >= 15 is 0 Å². The van der Waals surface area contributed by atoms with Gasteiger partial charge in [0.25, 0.3) is 0 Å². The van der Waals surface area contributed by atoms with Crippen LogP contribution in [0.1, 0.15) is 11.3 Å². The van der Waals surface area contributed by atoms with Crippen LogP contribution in [0.25, 0.3) is 11.3 Å². The van der Waals surface area contributed by atoms with E-state index in [1.165, 1.54) is 0 Å². The highest BCUT2D eigenvalue weighted by molar-refractivity contribution is 5.62. The molecule has 0 bridgehead atoms. The summed E-state index contributed by atoms with van der Waals surface area (Å²) in [5.74, 6) is 0.557. The third-order valence-corrected chi connectivity index (χ3v) is 3.27. The minimum absolute atomic E-state index is 0.507. The predicted molar refractivity (Wildman–Crippen MR) is 87.6 cm³/mol. The summed E-state index contributed by atoms with van der Waals surface area (Å²) in [5, 5.41) is 3.21. The molecule has 0 amide bonds. The Kier molecular flexibility index (Phi) is 4.07. The zero-order chi connectivity index (χ0) is 15.4. The minimum Gasteiger partial charge on any atom is -0.326 e. The summed E-state index contributed by atoms with van der Waals surface area (Å²) in [5.41, 5.74) is 10.5. The zero-order valence-electron chi connectivity index (χ0n) is 12.3. The minimum atomic E-state index is 0.507. The van der Waals surface area contributed by atoms with Crippen LogP contribution >= 0.6 is 0 Å². The van der Waals surface area contributed by atoms with Crippen molar-refractivity contribution in [3.05, 3.63) is 66.1 Å². The van der Waals surface area contributed by atoms with Gasteiger partial charge in [-0.05, 0) is 42.8 Å². The molecule has 0 radical (unpaired) electrons. The Bertz CT molecular complexity index is 785. The molecular weight excluding hydrogens is 274 g/mol. The Hall–Kier alpha value is -2.79. The first kappa shape index (κ1) is 14.2. The quantitative estimate of drug-likeness (QED) is 0.772. The van der Waals surface area contributed by atoms with Crippen molar-refractivity contribution in [2.45, 2.75) is 13.5 Å². The molecule has 0 atom stereocenters. The monoisotopic (exact) mass is 291 g/mol. The summed E-state index contributed by atoms with van der Waals surface area (Å²) in [6.45, 7) is 2.47. The lowest BCUT2D eigenvalue weighted by atomic mass is 10.1. The van der Waals surface area contributed by atoms with Gasteiger partial charge in [0.15, 0.2) is 0 Å². The van der Waals surface area contributed by atoms with Gasteiger partial charge in [0.2, 0.25) is 5.95 Å². The molecule has 1 aromatic carbocycles. The van der Waals surface area contributed by atoms with Crippen LogP contribution in [0, 0.1) is 6.92 Å². The SMILES string of the molecule is Cc1cc(-c2ccnc(Nc3cccc(CN)c3)n2)ccn1. The number of aryl methyl sites for hydroxylation is 1. The highest BCUT2D eigenvalue weighted by Gasteiger charge is 2.04. The Morgan fingerprint density at radius 2 is 1.91 bits per heavy atom. The maximum Gasteiger partial charge on any atom is 0.227 e. The van der Waals surface area contributed by atoms with Crippen molar-refractivity contribution in [1.82, 2.24) is 15.0 Å². The first-order valence-electron chi connectivity index (χ1n) is 7.07. The van der Waals surface area contributed by atoms with Crippen molar-refractivity contribution in [2.75, 3.05) is 5.32 Å². The van der Waals surface area contributed by atoms with Gasteiger partial charge in [0.05, 0.1) is 5.69 Å². The molecule has 3 rings (SSSR count). The predicted octanol–water partition coefficient (Wildman–Crippen LogP) is 3.05. The lowest BCUT2D eigenvalue weighted by Gasteiger charge is -2.08. The lowest BCUT2D eigenvalue weighted by molar-refractivity contribution is 1.07. The molecule has 0 aliphatic heterocycles. The average molecular weight is 291 g/mol. The van der Waals surface area contributed by atoms with Crippen molar-refractivity contribution >= 4 is 11.6 Å². The standard InChI is InChI=1S/C17H17N5/c1-12-9-14(5-7-19-12)16-6-8-20-17(22-16)21-15-4-2-3-13(10-15)11-18/h2-10H,11,18H2,1H3,(H,20,21,22). The van der Waals surface area contributed by atoms with Gasteiger partial charge < -0.3 is 11.1 Å². The molecule has 0 spiro atoms. The first-order chi connectivity index (χ1) is 10.7. The van der Waals surface area contributed by atoms with Gasteiger partial charge >= 0.3 is 0 Å². The third-order valence-electron chi connectivity index (χ3n) is 3.27. The fourth-order valence-electron chi connectivity index (χ4n) is 2.19. The average Bonchev–Trinajstić information content (AvgIpc) is 2.55. The normalized spacial score (nSPS) is 10.5. The molecule has 22 heavy (non-hydrogen) atoms. The van der Waals surface area contributed by atoms with E-state index < -0.39 is 0 Å². The number of nitrogens with two attached hydrogens (primary N) is 1. The summed E-state index contributed by atoms with van der Waals surface area (Å²) >= 11 is 0. The molecule has 2 heterocycles. The number of nitrogens with one attached hydrogen (secondary N) is 1. The van der Waals surface area contributed by atoms with E-state index in [0.29, 0.717) is 12.5 Å². The van der Waals surface area contributed by atoms with Gasteiger partial charge in [-0.2, -0.15) is 0 Å². The number of hydrogen-bond acceptors (Lipinski definition) is 5. The summed E-state index contributed by atoms with van der Waals surface area (Å²) in [7, 11) is 0. The summed E-state index contributed by atoms with van der Waals surface area (Å²) in [6.07, 6.45) is 3.53. The second-order valence-corrected chi connectivity index (χ2v) is 4.98. The fourth-order valence-corrected chi connectivity index (χ4v) is 2.19. The van der Waals surface area contributed by atoms with Gasteiger partial charge in [-0.25, -0.2) is 9.97 Å². The van der Waals surface area contributed by atoms with Crippen LogP contribution in [0.4, 0.5) is 11.6 Å². The molecule has 2 aromatic heterocycles. The van der Waals surface area contributed by atoms with Crippen LogP contribution < -0.4 is 11.1 Å². The van der Waals surface area contributed by atoms with Crippen molar-refractivity contribution in [1.29, 1.82) is 0 Å². The molecule has 0 saturated heterocycles. The Morgan fingerprint density at radius 3 is 2.73 bits per heavy atom. The molecule has 0 aliphatic rings. The van der Waals surface area contributed by atoms with Crippen LogP contribution in [0.3, 0.4) is 0 Å². The molecule has 3 N–H and O–H groups in total. The van der Waals surface area contributed by atoms with E-state index in [2.05, 4.69) is 20.3 Å². The maximum absolute atomic E-state index is 5.66. The Labute approximate surface area is 129 Å². The number of hydrogen-bond donors (Lipinski definition) is 2. The van der Waals surface area contributed by atoms with E-state index in [-0.39, 0.29) is 0 Å². The number of anilines is 2. The van der Waals surface area contributed by atoms with Crippen LogP contribution in [0.2, 0.25) is 0 Å². The second kappa shape index (κ2) is 6.32. The number of pyridine rings is 1. The lowest BCUT2D eigenvalue weighted by Crippen LogP contribution is -2.00. The molecule has 3 aromatic rings. The van der Waals surface area contributed by atoms with Gasteiger partial charge in [-0.1, -0.05) is 12.1 Å². The number of aromatic nitrogens is 3. The molecule has 5 nitrogen and oxygen atoms in total. The Balaban J connectivity index is 1.88. The van der Waals surface area contributed by atoms with Crippen LogP contribution in [-0.4, -0.2) is 15.0 Å². The first-order valence-corrected chi connectivity index (χ1v) is 7.07. The molecule has 0 unspecified atom stereocenters. The second-order valence-electron chi connectivity index (χ2n) is 4.98.